The monoisotopic (exact) mass is 492 g/mol. The van der Waals surface area contributed by atoms with E-state index in [1.165, 1.54) is 94.2 Å². The Morgan fingerprint density at radius 2 is 1.20 bits per heavy atom. The van der Waals surface area contributed by atoms with Crippen molar-refractivity contribution in [1.29, 1.82) is 0 Å². The van der Waals surface area contributed by atoms with Crippen LogP contribution in [0.1, 0.15) is 116 Å². The molecule has 0 aliphatic heterocycles. The molecule has 0 saturated heterocycles. The second kappa shape index (κ2) is 18.2. The summed E-state index contributed by atoms with van der Waals surface area (Å²) in [5.74, 6) is -1.22. The topological polar surface area (TPSA) is 78.5 Å². The molecule has 0 fully saturated rings. The third kappa shape index (κ3) is 16.3. The molecule has 1 amide bonds. The summed E-state index contributed by atoms with van der Waals surface area (Å²) in [5.41, 5.74) is 0.352. The standard InChI is InChI=1S/C16H36N.C13H17NO4/c1-5-9-13-17(14-10-6-2,15-11-7-3)16-12-8-4;1-13(2,3)18-12(17)14-8-9-4-6-10(7-5-9)11(15)16/h5-16H2,1-4H3;4-7H,8H2,1-3H3,(H,14,17)(H,15,16)/q+1;/p-1. The molecule has 0 aliphatic rings. The number of benzene rings is 1. The number of aromatic carboxylic acids is 1. The summed E-state index contributed by atoms with van der Waals surface area (Å²) >= 11 is 0. The van der Waals surface area contributed by atoms with Gasteiger partial charge in [-0.3, -0.25) is 0 Å². The van der Waals surface area contributed by atoms with Gasteiger partial charge in [-0.15, -0.1) is 0 Å². The van der Waals surface area contributed by atoms with Crippen LogP contribution in [0.4, 0.5) is 4.79 Å². The number of carboxylic acids is 1. The molecule has 1 rings (SSSR count). The van der Waals surface area contributed by atoms with Crippen molar-refractivity contribution in [2.75, 3.05) is 26.2 Å². The smallest absolute Gasteiger partial charge is 0.407 e. The predicted molar refractivity (Wildman–Crippen MR) is 143 cm³/mol. The predicted octanol–water partition coefficient (Wildman–Crippen LogP) is 6.08. The SMILES string of the molecule is CC(C)(C)OC(=O)NCc1ccc(C(=O)[O-])cc1.CCCC[N+](CCCC)(CCCC)CCCC. The Kier molecular flexibility index (Phi) is 17.1. The number of carbonyl (C=O) groups is 2. The molecule has 1 aromatic carbocycles. The van der Waals surface area contributed by atoms with Crippen molar-refractivity contribution in [2.24, 2.45) is 0 Å². The van der Waals surface area contributed by atoms with Gasteiger partial charge in [-0.2, -0.15) is 0 Å². The van der Waals surface area contributed by atoms with Crippen molar-refractivity contribution in [3.63, 3.8) is 0 Å². The van der Waals surface area contributed by atoms with Gasteiger partial charge in [0.25, 0.3) is 0 Å². The van der Waals surface area contributed by atoms with Crippen molar-refractivity contribution in [3.05, 3.63) is 35.4 Å². The fourth-order valence-electron chi connectivity index (χ4n) is 3.89. The number of unbranched alkanes of at least 4 members (excludes halogenated alkanes) is 4. The fraction of sp³-hybridized carbons (Fsp3) is 0.724. The average Bonchev–Trinajstić information content (AvgIpc) is 2.81. The molecular formula is C29H52N2O4. The first-order valence-corrected chi connectivity index (χ1v) is 13.6. The quantitative estimate of drug-likeness (QED) is 0.301. The number of nitrogens with zero attached hydrogens (tertiary/aromatic N) is 1. The Labute approximate surface area is 215 Å². The van der Waals surface area contributed by atoms with Gasteiger partial charge in [0.05, 0.1) is 32.1 Å². The first kappa shape index (κ1) is 32.9. The van der Waals surface area contributed by atoms with E-state index in [0.29, 0.717) is 0 Å². The summed E-state index contributed by atoms with van der Waals surface area (Å²) in [4.78, 5) is 21.9. The first-order valence-electron chi connectivity index (χ1n) is 13.6. The minimum atomic E-state index is -1.22. The van der Waals surface area contributed by atoms with E-state index in [0.717, 1.165) is 5.56 Å². The maximum absolute atomic E-state index is 11.4. The van der Waals surface area contributed by atoms with Gasteiger partial charge in [-0.05, 0) is 57.6 Å². The normalized spacial score (nSPS) is 11.4. The van der Waals surface area contributed by atoms with Crippen molar-refractivity contribution in [2.45, 2.75) is 112 Å². The number of rotatable bonds is 15. The van der Waals surface area contributed by atoms with Gasteiger partial charge in [0.2, 0.25) is 0 Å². The maximum Gasteiger partial charge on any atom is 0.407 e. The zero-order valence-corrected chi connectivity index (χ0v) is 23.6. The van der Waals surface area contributed by atoms with E-state index >= 15 is 0 Å². The summed E-state index contributed by atoms with van der Waals surface area (Å²) in [5, 5.41) is 13.1. The molecule has 0 atom stereocenters. The molecule has 202 valence electrons. The van der Waals surface area contributed by atoms with Crippen molar-refractivity contribution in [3.8, 4) is 0 Å². The number of quaternary nitrogens is 1. The summed E-state index contributed by atoms with van der Waals surface area (Å²) in [7, 11) is 0. The van der Waals surface area contributed by atoms with Gasteiger partial charge in [0.15, 0.2) is 0 Å². The zero-order valence-electron chi connectivity index (χ0n) is 23.6. The second-order valence-corrected chi connectivity index (χ2v) is 10.5. The number of alkyl carbamates (subject to hydrolysis) is 1. The van der Waals surface area contributed by atoms with Gasteiger partial charge >= 0.3 is 6.09 Å². The van der Waals surface area contributed by atoms with Gasteiger partial charge < -0.3 is 24.4 Å². The lowest BCUT2D eigenvalue weighted by atomic mass is 10.1. The summed E-state index contributed by atoms with van der Waals surface area (Å²) < 4.78 is 6.49. The molecule has 35 heavy (non-hydrogen) atoms. The third-order valence-corrected chi connectivity index (χ3v) is 5.97. The van der Waals surface area contributed by atoms with E-state index in [9.17, 15) is 14.7 Å². The van der Waals surface area contributed by atoms with Crippen molar-refractivity contribution < 1.29 is 23.9 Å². The van der Waals surface area contributed by atoms with Crippen LogP contribution in [0.15, 0.2) is 24.3 Å². The summed E-state index contributed by atoms with van der Waals surface area (Å²) in [6.07, 6.45) is 10.6. The van der Waals surface area contributed by atoms with E-state index < -0.39 is 17.7 Å². The number of nitrogens with one attached hydrogen (secondary N) is 1. The van der Waals surface area contributed by atoms with E-state index in [1.54, 1.807) is 32.9 Å². The van der Waals surface area contributed by atoms with E-state index in [1.807, 2.05) is 0 Å². The largest absolute Gasteiger partial charge is 0.545 e. The molecule has 6 heteroatoms. The number of hydrogen-bond donors (Lipinski definition) is 1. The lowest BCUT2D eigenvalue weighted by Gasteiger charge is -2.39. The van der Waals surface area contributed by atoms with Crippen molar-refractivity contribution in [1.82, 2.24) is 5.32 Å². The number of carboxylic acid groups (broad SMARTS) is 1. The highest BCUT2D eigenvalue weighted by Gasteiger charge is 2.24. The van der Waals surface area contributed by atoms with Crippen molar-refractivity contribution >= 4 is 12.1 Å². The van der Waals surface area contributed by atoms with Gasteiger partial charge in [-0.25, -0.2) is 4.79 Å². The van der Waals surface area contributed by atoms with Crippen LogP contribution in [-0.4, -0.2) is 48.3 Å². The molecule has 0 bridgehead atoms. The molecule has 0 heterocycles. The minimum absolute atomic E-state index is 0.107. The van der Waals surface area contributed by atoms with Gasteiger partial charge in [0.1, 0.15) is 5.60 Å². The molecule has 0 aliphatic carbocycles. The van der Waals surface area contributed by atoms with Crippen LogP contribution in [0.2, 0.25) is 0 Å². The minimum Gasteiger partial charge on any atom is -0.545 e. The molecule has 6 nitrogen and oxygen atoms in total. The lowest BCUT2D eigenvalue weighted by molar-refractivity contribution is -0.929. The zero-order chi connectivity index (χ0) is 26.7. The van der Waals surface area contributed by atoms with E-state index in [4.69, 9.17) is 4.74 Å². The van der Waals surface area contributed by atoms with Crippen LogP contribution < -0.4 is 10.4 Å². The van der Waals surface area contributed by atoms with E-state index in [-0.39, 0.29) is 12.1 Å². The molecule has 1 N–H and O–H groups in total. The highest BCUT2D eigenvalue weighted by Crippen LogP contribution is 2.16. The highest BCUT2D eigenvalue weighted by atomic mass is 16.6. The second-order valence-electron chi connectivity index (χ2n) is 10.5. The Hall–Kier alpha value is -2.08. The Balaban J connectivity index is 0.000000662. The van der Waals surface area contributed by atoms with E-state index in [2.05, 4.69) is 33.0 Å². The molecule has 0 unspecified atom stereocenters. The molecule has 1 aromatic rings. The molecule has 0 radical (unpaired) electrons. The summed E-state index contributed by atoms with van der Waals surface area (Å²) in [6, 6.07) is 6.09. The molecule has 0 spiro atoms. The number of carbonyl (C=O) groups excluding carboxylic acids is 2. The molecular weight excluding hydrogens is 440 g/mol. The molecule has 0 aromatic heterocycles. The van der Waals surface area contributed by atoms with Crippen LogP contribution in [0.25, 0.3) is 0 Å². The highest BCUT2D eigenvalue weighted by molar-refractivity contribution is 5.85. The number of ether oxygens (including phenoxy) is 1. The van der Waals surface area contributed by atoms with Crippen LogP contribution in [-0.2, 0) is 11.3 Å². The maximum atomic E-state index is 11.4. The third-order valence-electron chi connectivity index (χ3n) is 5.97. The lowest BCUT2D eigenvalue weighted by Crippen LogP contribution is -2.50. The van der Waals surface area contributed by atoms with Gasteiger partial charge in [0, 0.05) is 6.54 Å². The molecule has 0 saturated carbocycles. The number of amides is 1. The fourth-order valence-corrected chi connectivity index (χ4v) is 3.89. The average molecular weight is 493 g/mol. The van der Waals surface area contributed by atoms with Crippen LogP contribution in [0, 0.1) is 0 Å². The Morgan fingerprint density at radius 3 is 1.51 bits per heavy atom. The van der Waals surface area contributed by atoms with Crippen LogP contribution in [0.5, 0.6) is 0 Å². The first-order chi connectivity index (χ1) is 16.5. The van der Waals surface area contributed by atoms with Gasteiger partial charge in [-0.1, -0.05) is 77.6 Å². The van der Waals surface area contributed by atoms with Crippen LogP contribution in [0.3, 0.4) is 0 Å². The Bertz CT molecular complexity index is 658. The number of hydrogen-bond acceptors (Lipinski definition) is 4. The summed E-state index contributed by atoms with van der Waals surface area (Å²) in [6.45, 7) is 20.6. The Morgan fingerprint density at radius 1 is 0.800 bits per heavy atom. The van der Waals surface area contributed by atoms with Crippen LogP contribution >= 0.6 is 0 Å².